The molecule has 280 valence electrons. The first-order valence-electron chi connectivity index (χ1n) is 13.6. The van der Waals surface area contributed by atoms with Gasteiger partial charge in [0.05, 0.1) is 19.6 Å². The molecule has 0 fully saturated rings. The normalized spacial score (nSPS) is 11.9. The van der Waals surface area contributed by atoms with E-state index in [4.69, 9.17) is 9.90 Å². The average Bonchev–Trinajstić information content (AvgIpc) is 2.99. The molecule has 4 rings (SSSR count). The van der Waals surface area contributed by atoms with Crippen LogP contribution in [0.25, 0.3) is 0 Å². The minimum atomic E-state index is -5.07. The van der Waals surface area contributed by atoms with Crippen LogP contribution < -0.4 is 21.2 Å². The van der Waals surface area contributed by atoms with Gasteiger partial charge in [-0.25, -0.2) is 33.7 Å². The number of hydrogen-bond acceptors (Lipinski definition) is 13. The van der Waals surface area contributed by atoms with Gasteiger partial charge in [0, 0.05) is 6.92 Å². The van der Waals surface area contributed by atoms with E-state index in [9.17, 15) is 51.9 Å². The van der Waals surface area contributed by atoms with Crippen molar-refractivity contribution in [3.05, 3.63) is 97.1 Å². The van der Waals surface area contributed by atoms with Crippen molar-refractivity contribution in [1.29, 1.82) is 0 Å². The summed E-state index contributed by atoms with van der Waals surface area (Å²) in [6.45, 7) is 1.08. The van der Waals surface area contributed by atoms with Crippen LogP contribution in [-0.2, 0) is 86.1 Å². The minimum absolute atomic E-state index is 0. The molecule has 0 spiro atoms. The van der Waals surface area contributed by atoms with E-state index in [1.54, 1.807) is 0 Å². The van der Waals surface area contributed by atoms with E-state index < -0.39 is 81.9 Å². The van der Waals surface area contributed by atoms with Crippen molar-refractivity contribution in [1.82, 2.24) is 0 Å². The smallest absolute Gasteiger partial charge is 0.744 e. The molecule has 0 saturated carbocycles. The molecule has 51 heavy (non-hydrogen) atoms. The summed E-state index contributed by atoms with van der Waals surface area (Å²) in [6, 6.07) is 20.5. The summed E-state index contributed by atoms with van der Waals surface area (Å²) in [4.78, 5) is 6.51. The van der Waals surface area contributed by atoms with E-state index in [2.05, 4.69) is 0 Å². The molecular weight excluding hydrogens is 975 g/mol. The zero-order valence-electron chi connectivity index (χ0n) is 25.8. The van der Waals surface area contributed by atoms with E-state index in [0.717, 1.165) is 31.2 Å². The van der Waals surface area contributed by atoms with E-state index in [-0.39, 0.29) is 80.8 Å². The Kier molecular flexibility index (Phi) is 18.0. The Morgan fingerprint density at radius 3 is 0.843 bits per heavy atom. The summed E-state index contributed by atoms with van der Waals surface area (Å²) in [7, 11) is -24.4. The fourth-order valence-electron chi connectivity index (χ4n) is 4.69. The molecule has 14 nitrogen and oxygen atoms in total. The molecule has 0 saturated heterocycles. The third-order valence-electron chi connectivity index (χ3n) is 6.47. The summed E-state index contributed by atoms with van der Waals surface area (Å²) in [6.07, 6.45) is -0.115. The van der Waals surface area contributed by atoms with Crippen LogP contribution in [0.2, 0.25) is 0 Å². The fourth-order valence-corrected chi connectivity index (χ4v) is 14.7. The first-order valence-corrected chi connectivity index (χ1v) is 22.3. The van der Waals surface area contributed by atoms with E-state index in [1.165, 1.54) is 72.8 Å². The molecule has 4 aromatic carbocycles. The number of benzene rings is 4. The SMILES string of the molecule is CC(=O)O.O=S(=O)([O-])c1ccccc1P(CCCP(c1ccccc1S(=O)(=O)[O-])c1ccccc1S(=O)(=O)[O-])c1ccccc1S(=O)(=O)[O-].[Pd+2].[Pd+2]. The maximum absolute atomic E-state index is 12.2. The maximum Gasteiger partial charge on any atom is 2.00 e. The third-order valence-corrected chi connectivity index (χ3v) is 16.1. The van der Waals surface area contributed by atoms with Gasteiger partial charge in [0.2, 0.25) is 0 Å². The standard InChI is InChI=1S/C27H26O12P2S4.C2H4O2.2Pd/c28-42(29,30)24-14-5-1-10-20(24)40(21-11-2-6-15-25(21)43(31,32)33)18-9-19-41(22-12-3-7-16-26(22)44(34,35)36)23-13-4-8-17-27(23)45(37,38)39;1-2(3)4;;/h1-8,10-17H,9,18-19H2,(H,28,29,30)(H,31,32,33)(H,34,35,36)(H,37,38,39);1H3,(H,3,4);;/q;;2*+2/p-4. The van der Waals surface area contributed by atoms with Gasteiger partial charge in [0.15, 0.2) is 0 Å². The molecule has 0 unspecified atom stereocenters. The first-order chi connectivity index (χ1) is 22.6. The zero-order chi connectivity index (χ0) is 36.8. The molecule has 0 aliphatic rings. The maximum atomic E-state index is 12.2. The summed E-state index contributed by atoms with van der Waals surface area (Å²) in [5.74, 6) is -0.833. The van der Waals surface area contributed by atoms with E-state index in [1.807, 2.05) is 0 Å². The van der Waals surface area contributed by atoms with Gasteiger partial charge in [-0.3, -0.25) is 4.79 Å². The van der Waals surface area contributed by atoms with Gasteiger partial charge in [-0.1, -0.05) is 72.8 Å². The molecule has 0 heterocycles. The molecule has 0 atom stereocenters. The molecule has 0 amide bonds. The monoisotopic (exact) mass is 1000 g/mol. The Morgan fingerprint density at radius 2 is 0.667 bits per heavy atom. The quantitative estimate of drug-likeness (QED) is 0.119. The number of aliphatic carboxylic acids is 1. The van der Waals surface area contributed by atoms with E-state index >= 15 is 0 Å². The third kappa shape index (κ3) is 13.2. The minimum Gasteiger partial charge on any atom is -0.744 e. The van der Waals surface area contributed by atoms with Crippen LogP contribution in [0, 0.1) is 0 Å². The molecular formula is C29H26O14P2Pd2S4. The second-order valence-corrected chi connectivity index (χ2v) is 19.8. The van der Waals surface area contributed by atoms with Crippen molar-refractivity contribution in [3.8, 4) is 0 Å². The fraction of sp³-hybridized carbons (Fsp3) is 0.138. The molecule has 22 heteroatoms. The molecule has 0 aromatic heterocycles. The largest absolute Gasteiger partial charge is 2.00 e. The second kappa shape index (κ2) is 19.5. The molecule has 0 aliphatic heterocycles. The van der Waals surface area contributed by atoms with Gasteiger partial charge in [-0.15, -0.1) is 0 Å². The predicted octanol–water partition coefficient (Wildman–Crippen LogP) is 1.34. The summed E-state index contributed by atoms with van der Waals surface area (Å²) < 4.78 is 146. The molecule has 0 bridgehead atoms. The van der Waals surface area contributed by atoms with Crippen LogP contribution in [0.5, 0.6) is 0 Å². The topological polar surface area (TPSA) is 266 Å². The van der Waals surface area contributed by atoms with Crippen LogP contribution in [0.1, 0.15) is 13.3 Å². The van der Waals surface area contributed by atoms with Crippen molar-refractivity contribution >= 4 is 83.5 Å². The van der Waals surface area contributed by atoms with Crippen molar-refractivity contribution < 1.29 is 103 Å². The van der Waals surface area contributed by atoms with Gasteiger partial charge in [-0.2, -0.15) is 0 Å². The van der Waals surface area contributed by atoms with Crippen LogP contribution in [0.4, 0.5) is 0 Å². The van der Waals surface area contributed by atoms with Gasteiger partial charge in [-0.05, 0) is 80.1 Å². The molecule has 0 aliphatic carbocycles. The molecule has 0 radical (unpaired) electrons. The average molecular weight is 1000 g/mol. The Hall–Kier alpha value is -1.83. The summed E-state index contributed by atoms with van der Waals surface area (Å²) >= 11 is 0. The number of carboxylic acid groups (broad SMARTS) is 1. The number of carbonyl (C=O) groups is 1. The second-order valence-electron chi connectivity index (χ2n) is 9.86. The Balaban J connectivity index is 0.00000206. The van der Waals surface area contributed by atoms with Gasteiger partial charge in [0.1, 0.15) is 40.5 Å². The Bertz CT molecular complexity index is 1980. The Labute approximate surface area is 325 Å². The first kappa shape index (κ1) is 47.2. The zero-order valence-corrected chi connectivity index (χ0v) is 33.9. The molecule has 4 aromatic rings. The van der Waals surface area contributed by atoms with Crippen molar-refractivity contribution in [2.24, 2.45) is 0 Å². The number of hydrogen-bond donors (Lipinski definition) is 1. The predicted molar refractivity (Wildman–Crippen MR) is 178 cm³/mol. The summed E-state index contributed by atoms with van der Waals surface area (Å²) in [5, 5.41) is 7.28. The van der Waals surface area contributed by atoms with Crippen LogP contribution in [-0.4, -0.2) is 75.3 Å². The number of rotatable bonds is 12. The Morgan fingerprint density at radius 1 is 0.490 bits per heavy atom. The number of carboxylic acids is 1. The van der Waals surface area contributed by atoms with Crippen LogP contribution in [0.15, 0.2) is 117 Å². The van der Waals surface area contributed by atoms with Crippen molar-refractivity contribution in [3.63, 3.8) is 0 Å². The van der Waals surface area contributed by atoms with Crippen LogP contribution >= 0.6 is 15.8 Å². The summed E-state index contributed by atoms with van der Waals surface area (Å²) in [5.41, 5.74) is 0. The van der Waals surface area contributed by atoms with Gasteiger partial charge >= 0.3 is 40.8 Å². The molecule has 1 N–H and O–H groups in total. The van der Waals surface area contributed by atoms with Crippen molar-refractivity contribution in [2.45, 2.75) is 32.9 Å². The van der Waals surface area contributed by atoms with Gasteiger partial charge in [0.25, 0.3) is 5.97 Å². The van der Waals surface area contributed by atoms with Gasteiger partial charge < -0.3 is 23.3 Å². The van der Waals surface area contributed by atoms with Crippen molar-refractivity contribution in [2.75, 3.05) is 12.3 Å². The van der Waals surface area contributed by atoms with Crippen LogP contribution in [0.3, 0.4) is 0 Å². The van der Waals surface area contributed by atoms with E-state index in [0.29, 0.717) is 0 Å².